The molecule has 0 spiro atoms. The summed E-state index contributed by atoms with van der Waals surface area (Å²) in [7, 11) is 0. The molecule has 0 heterocycles. The predicted octanol–water partition coefficient (Wildman–Crippen LogP) is 3.24. The lowest BCUT2D eigenvalue weighted by Gasteiger charge is -2.32. The number of carbonyl (C=O) groups excluding carboxylic acids is 1. The first kappa shape index (κ1) is 11.4. The highest BCUT2D eigenvalue weighted by molar-refractivity contribution is 6.04. The summed E-state index contributed by atoms with van der Waals surface area (Å²) in [5.74, 6) is 0.659. The highest BCUT2D eigenvalue weighted by atomic mass is 16.5. The average molecular weight is 220 g/mol. The number of ketones is 1. The molecule has 0 N–H and O–H groups in total. The molecule has 0 amide bonds. The van der Waals surface area contributed by atoms with Gasteiger partial charge >= 0.3 is 0 Å². The SMILES string of the molecule is C=C1CC[C@@]2(C)C=C(OC(C)C)C(=O)[C@@]12C. The fraction of sp³-hybridized carbons (Fsp3) is 0.643. The predicted molar refractivity (Wildman–Crippen MR) is 63.9 cm³/mol. The van der Waals surface area contributed by atoms with Crippen LogP contribution in [0.25, 0.3) is 0 Å². The van der Waals surface area contributed by atoms with Crippen molar-refractivity contribution in [2.45, 2.75) is 46.6 Å². The Hall–Kier alpha value is -1.05. The van der Waals surface area contributed by atoms with Crippen LogP contribution in [0.15, 0.2) is 24.0 Å². The second kappa shape index (κ2) is 3.22. The van der Waals surface area contributed by atoms with Gasteiger partial charge in [-0.1, -0.05) is 19.1 Å². The molecule has 0 aliphatic heterocycles. The second-order valence-corrected chi connectivity index (χ2v) is 5.65. The van der Waals surface area contributed by atoms with Crippen LogP contribution in [0.2, 0.25) is 0 Å². The highest BCUT2D eigenvalue weighted by Gasteiger charge is 2.60. The maximum absolute atomic E-state index is 12.4. The third kappa shape index (κ3) is 1.22. The van der Waals surface area contributed by atoms with Crippen molar-refractivity contribution in [3.8, 4) is 0 Å². The number of ether oxygens (including phenoxy) is 1. The Balaban J connectivity index is 2.40. The van der Waals surface area contributed by atoms with Gasteiger partial charge in [0.1, 0.15) is 0 Å². The Kier molecular flexibility index (Phi) is 2.30. The van der Waals surface area contributed by atoms with Crippen molar-refractivity contribution in [3.63, 3.8) is 0 Å². The van der Waals surface area contributed by atoms with Crippen LogP contribution in [0.1, 0.15) is 40.5 Å². The van der Waals surface area contributed by atoms with Gasteiger partial charge in [0.2, 0.25) is 5.78 Å². The first-order valence-corrected chi connectivity index (χ1v) is 5.94. The van der Waals surface area contributed by atoms with E-state index in [0.717, 1.165) is 18.4 Å². The molecule has 0 radical (unpaired) electrons. The lowest BCUT2D eigenvalue weighted by Crippen LogP contribution is -2.35. The van der Waals surface area contributed by atoms with E-state index in [0.29, 0.717) is 5.76 Å². The zero-order chi connectivity index (χ0) is 12.1. The van der Waals surface area contributed by atoms with E-state index in [2.05, 4.69) is 13.5 Å². The van der Waals surface area contributed by atoms with Crippen molar-refractivity contribution >= 4 is 5.78 Å². The number of Topliss-reactive ketones (excluding diaryl/α,β-unsaturated/α-hetero) is 1. The average Bonchev–Trinajstić information content (AvgIpc) is 2.51. The zero-order valence-electron chi connectivity index (χ0n) is 10.6. The minimum Gasteiger partial charge on any atom is -0.488 e. The summed E-state index contributed by atoms with van der Waals surface area (Å²) >= 11 is 0. The first-order valence-electron chi connectivity index (χ1n) is 5.94. The van der Waals surface area contributed by atoms with Crippen molar-refractivity contribution < 1.29 is 9.53 Å². The fourth-order valence-electron chi connectivity index (χ4n) is 2.89. The number of allylic oxidation sites excluding steroid dienone is 3. The Morgan fingerprint density at radius 3 is 2.56 bits per heavy atom. The lowest BCUT2D eigenvalue weighted by atomic mass is 9.68. The first-order chi connectivity index (χ1) is 7.31. The summed E-state index contributed by atoms with van der Waals surface area (Å²) < 4.78 is 5.61. The summed E-state index contributed by atoms with van der Waals surface area (Å²) in [6.45, 7) is 12.1. The third-order valence-corrected chi connectivity index (χ3v) is 4.29. The molecular weight excluding hydrogens is 200 g/mol. The number of hydrogen-bond donors (Lipinski definition) is 0. The molecule has 0 aromatic heterocycles. The maximum atomic E-state index is 12.4. The molecule has 2 atom stereocenters. The monoisotopic (exact) mass is 220 g/mol. The smallest absolute Gasteiger partial charge is 0.207 e. The van der Waals surface area contributed by atoms with Gasteiger partial charge in [0, 0.05) is 5.41 Å². The van der Waals surface area contributed by atoms with E-state index in [9.17, 15) is 4.79 Å². The molecule has 0 aromatic carbocycles. The number of rotatable bonds is 2. The van der Waals surface area contributed by atoms with Gasteiger partial charge in [0.25, 0.3) is 0 Å². The quantitative estimate of drug-likeness (QED) is 0.668. The Labute approximate surface area is 97.4 Å². The highest BCUT2D eigenvalue weighted by Crippen LogP contribution is 2.61. The number of hydrogen-bond acceptors (Lipinski definition) is 2. The molecule has 2 aliphatic rings. The summed E-state index contributed by atoms with van der Waals surface area (Å²) in [5, 5.41) is 0. The molecule has 1 fully saturated rings. The fourth-order valence-corrected chi connectivity index (χ4v) is 2.89. The van der Waals surface area contributed by atoms with Crippen molar-refractivity contribution in [2.75, 3.05) is 0 Å². The van der Waals surface area contributed by atoms with E-state index < -0.39 is 5.41 Å². The maximum Gasteiger partial charge on any atom is 0.207 e. The van der Waals surface area contributed by atoms with Crippen molar-refractivity contribution in [1.29, 1.82) is 0 Å². The van der Waals surface area contributed by atoms with Crippen LogP contribution < -0.4 is 0 Å². The summed E-state index contributed by atoms with van der Waals surface area (Å²) in [6.07, 6.45) is 4.02. The molecule has 0 bridgehead atoms. The lowest BCUT2D eigenvalue weighted by molar-refractivity contribution is -0.127. The molecule has 2 nitrogen and oxygen atoms in total. The van der Waals surface area contributed by atoms with Gasteiger partial charge in [-0.2, -0.15) is 0 Å². The van der Waals surface area contributed by atoms with E-state index in [-0.39, 0.29) is 17.3 Å². The Bertz CT molecular complexity index is 392. The largest absolute Gasteiger partial charge is 0.488 e. The van der Waals surface area contributed by atoms with Crippen molar-refractivity contribution in [3.05, 3.63) is 24.0 Å². The van der Waals surface area contributed by atoms with Crippen LogP contribution in [0.3, 0.4) is 0 Å². The second-order valence-electron chi connectivity index (χ2n) is 5.65. The van der Waals surface area contributed by atoms with Gasteiger partial charge in [-0.05, 0) is 39.7 Å². The molecule has 1 saturated carbocycles. The number of carbonyl (C=O) groups is 1. The van der Waals surface area contributed by atoms with E-state index in [4.69, 9.17) is 4.74 Å². The van der Waals surface area contributed by atoms with E-state index in [1.807, 2.05) is 26.8 Å². The summed E-state index contributed by atoms with van der Waals surface area (Å²) in [6, 6.07) is 0. The van der Waals surface area contributed by atoms with E-state index in [1.165, 1.54) is 0 Å². The normalized spacial score (nSPS) is 37.9. The van der Waals surface area contributed by atoms with Gasteiger partial charge in [-0.3, -0.25) is 4.79 Å². The van der Waals surface area contributed by atoms with E-state index >= 15 is 0 Å². The van der Waals surface area contributed by atoms with Crippen LogP contribution in [0, 0.1) is 10.8 Å². The molecule has 2 rings (SSSR count). The molecule has 0 saturated heterocycles. The van der Waals surface area contributed by atoms with Gasteiger partial charge in [-0.25, -0.2) is 0 Å². The summed E-state index contributed by atoms with van der Waals surface area (Å²) in [4.78, 5) is 12.4. The standard InChI is InChI=1S/C14H20O2/c1-9(2)16-11-8-13(4)7-6-10(3)14(13,5)12(11)15/h8-9H,3,6-7H2,1-2,4-5H3/t13-,14+/m0/s1. The molecule has 0 unspecified atom stereocenters. The Morgan fingerprint density at radius 1 is 1.44 bits per heavy atom. The minimum atomic E-state index is -0.433. The van der Waals surface area contributed by atoms with Crippen LogP contribution in [-0.2, 0) is 9.53 Å². The van der Waals surface area contributed by atoms with Crippen molar-refractivity contribution in [2.24, 2.45) is 10.8 Å². The molecular formula is C14H20O2. The van der Waals surface area contributed by atoms with Crippen LogP contribution in [0.5, 0.6) is 0 Å². The number of fused-ring (bicyclic) bond motifs is 1. The van der Waals surface area contributed by atoms with Gasteiger partial charge in [0.05, 0.1) is 11.5 Å². The molecule has 16 heavy (non-hydrogen) atoms. The Morgan fingerprint density at radius 2 is 2.06 bits per heavy atom. The topological polar surface area (TPSA) is 26.3 Å². The summed E-state index contributed by atoms with van der Waals surface area (Å²) in [5.41, 5.74) is 0.529. The molecule has 88 valence electrons. The minimum absolute atomic E-state index is 0.0505. The van der Waals surface area contributed by atoms with Crippen molar-refractivity contribution in [1.82, 2.24) is 0 Å². The van der Waals surface area contributed by atoms with Crippen LogP contribution >= 0.6 is 0 Å². The van der Waals surface area contributed by atoms with Crippen LogP contribution in [-0.4, -0.2) is 11.9 Å². The molecule has 2 heteroatoms. The van der Waals surface area contributed by atoms with Gasteiger partial charge < -0.3 is 4.74 Å². The van der Waals surface area contributed by atoms with Gasteiger partial charge in [-0.15, -0.1) is 0 Å². The van der Waals surface area contributed by atoms with E-state index in [1.54, 1.807) is 0 Å². The van der Waals surface area contributed by atoms with Gasteiger partial charge in [0.15, 0.2) is 5.76 Å². The zero-order valence-corrected chi connectivity index (χ0v) is 10.6. The molecule has 0 aromatic rings. The third-order valence-electron chi connectivity index (χ3n) is 4.29. The molecule has 2 aliphatic carbocycles. The van der Waals surface area contributed by atoms with Crippen LogP contribution in [0.4, 0.5) is 0 Å².